The summed E-state index contributed by atoms with van der Waals surface area (Å²) in [6.07, 6.45) is 0. The van der Waals surface area contributed by atoms with Crippen LogP contribution < -0.4 is 0 Å². The fourth-order valence-electron chi connectivity index (χ4n) is 10.4. The van der Waals surface area contributed by atoms with E-state index in [-0.39, 0.29) is 10.8 Å². The maximum absolute atomic E-state index is 5.40. The van der Waals surface area contributed by atoms with Crippen LogP contribution in [0.25, 0.3) is 101 Å². The van der Waals surface area contributed by atoms with Gasteiger partial charge >= 0.3 is 0 Å². The minimum Gasteiger partial charge on any atom is -0.228 e. The molecule has 2 heterocycles. The average Bonchev–Trinajstić information content (AvgIpc) is 3.72. The lowest BCUT2D eigenvalue weighted by atomic mass is 9.82. The van der Waals surface area contributed by atoms with Crippen molar-refractivity contribution < 1.29 is 0 Å². The predicted molar refractivity (Wildman–Crippen MR) is 263 cm³/mol. The lowest BCUT2D eigenvalue weighted by Gasteiger charge is -2.22. The van der Waals surface area contributed by atoms with E-state index in [0.717, 1.165) is 66.9 Å². The van der Waals surface area contributed by atoms with Gasteiger partial charge in [0.1, 0.15) is 0 Å². The van der Waals surface area contributed by atoms with Crippen LogP contribution in [-0.4, -0.2) is 19.9 Å². The van der Waals surface area contributed by atoms with Gasteiger partial charge in [0.05, 0.1) is 22.8 Å². The van der Waals surface area contributed by atoms with Crippen LogP contribution in [0, 0.1) is 0 Å². The van der Waals surface area contributed by atoms with E-state index in [1.54, 1.807) is 0 Å². The van der Waals surface area contributed by atoms with Crippen LogP contribution >= 0.6 is 0 Å². The van der Waals surface area contributed by atoms with Gasteiger partial charge in [-0.25, -0.2) is 19.9 Å². The van der Waals surface area contributed by atoms with Gasteiger partial charge in [-0.05, 0) is 79.5 Å². The zero-order valence-electron chi connectivity index (χ0n) is 36.3. The molecule has 304 valence electrons. The van der Waals surface area contributed by atoms with Crippen molar-refractivity contribution in [1.29, 1.82) is 0 Å². The van der Waals surface area contributed by atoms with Crippen molar-refractivity contribution in [2.24, 2.45) is 0 Å². The third-order valence-corrected chi connectivity index (χ3v) is 13.7. The van der Waals surface area contributed by atoms with Gasteiger partial charge in [-0.15, -0.1) is 0 Å². The Bertz CT molecular complexity index is 3260. The highest BCUT2D eigenvalue weighted by Crippen LogP contribution is 2.51. The Morgan fingerprint density at radius 1 is 0.266 bits per heavy atom. The number of hydrogen-bond acceptors (Lipinski definition) is 4. The monoisotopic (exact) mass is 820 g/mol. The molecule has 0 amide bonds. The van der Waals surface area contributed by atoms with Gasteiger partial charge in [0.25, 0.3) is 0 Å². The molecule has 0 radical (unpaired) electrons. The summed E-state index contributed by atoms with van der Waals surface area (Å²) in [4.78, 5) is 21.3. The van der Waals surface area contributed by atoms with E-state index < -0.39 is 0 Å². The van der Waals surface area contributed by atoms with Crippen LogP contribution in [0.5, 0.6) is 0 Å². The Hall–Kier alpha value is -7.82. The normalized spacial score (nSPS) is 13.9. The van der Waals surface area contributed by atoms with Crippen LogP contribution in [-0.2, 0) is 10.8 Å². The number of benzene rings is 8. The average molecular weight is 821 g/mol. The fraction of sp³-hybridized carbons (Fsp3) is 0.100. The lowest BCUT2D eigenvalue weighted by Crippen LogP contribution is -2.15. The molecule has 0 saturated heterocycles. The van der Waals surface area contributed by atoms with Crippen molar-refractivity contribution in [3.63, 3.8) is 0 Å². The summed E-state index contributed by atoms with van der Waals surface area (Å²) >= 11 is 0. The Morgan fingerprint density at radius 2 is 0.625 bits per heavy atom. The highest BCUT2D eigenvalue weighted by Gasteiger charge is 2.37. The molecule has 0 saturated carbocycles. The molecule has 64 heavy (non-hydrogen) atoms. The van der Waals surface area contributed by atoms with Gasteiger partial charge in [-0.3, -0.25) is 0 Å². The second-order valence-electron chi connectivity index (χ2n) is 18.2. The van der Waals surface area contributed by atoms with Crippen molar-refractivity contribution in [3.8, 4) is 90.1 Å². The van der Waals surface area contributed by atoms with Crippen LogP contribution in [0.3, 0.4) is 0 Å². The molecule has 0 N–H and O–H groups in total. The topological polar surface area (TPSA) is 51.6 Å². The Kier molecular flexibility index (Phi) is 8.51. The molecule has 10 aromatic rings. The third kappa shape index (κ3) is 5.97. The fourth-order valence-corrected chi connectivity index (χ4v) is 10.4. The molecule has 0 fully saturated rings. The largest absolute Gasteiger partial charge is 0.228 e. The molecule has 0 unspecified atom stereocenters. The van der Waals surface area contributed by atoms with E-state index in [1.807, 2.05) is 12.1 Å². The van der Waals surface area contributed by atoms with Crippen molar-refractivity contribution in [2.45, 2.75) is 38.5 Å². The van der Waals surface area contributed by atoms with Crippen LogP contribution in [0.4, 0.5) is 0 Å². The van der Waals surface area contributed by atoms with Gasteiger partial charge in [0.15, 0.2) is 11.6 Å². The molecule has 0 aliphatic heterocycles. The molecule has 2 aliphatic rings. The molecular weight excluding hydrogens is 777 g/mol. The number of hydrogen-bond donors (Lipinski definition) is 0. The van der Waals surface area contributed by atoms with Crippen molar-refractivity contribution in [1.82, 2.24) is 19.9 Å². The molecule has 8 aromatic carbocycles. The van der Waals surface area contributed by atoms with Crippen molar-refractivity contribution in [3.05, 3.63) is 216 Å². The van der Waals surface area contributed by atoms with Crippen LogP contribution in [0.2, 0.25) is 0 Å². The summed E-state index contributed by atoms with van der Waals surface area (Å²) < 4.78 is 0. The standard InChI is InChI=1S/C60H44N4/c1-59(2)49-27-13-11-21-43(49)45-31-29-39(33-51(45)59)57-61-53(37-17-7-5-8-18-37)35-55(63-57)47-25-15-24-42-41(47)23-16-26-48(42)56-36-54(38-19-9-6-10-20-38)62-58(64-56)40-30-32-46-44-22-12-14-28-50(44)60(3,4)52(46)34-40/h5-36H,1-4H3. The van der Waals surface area contributed by atoms with Crippen LogP contribution in [0.15, 0.2) is 194 Å². The number of aromatic nitrogens is 4. The molecule has 0 atom stereocenters. The van der Waals surface area contributed by atoms with E-state index in [9.17, 15) is 0 Å². The first-order valence-corrected chi connectivity index (χ1v) is 22.1. The van der Waals surface area contributed by atoms with Crippen LogP contribution in [0.1, 0.15) is 49.9 Å². The number of fused-ring (bicyclic) bond motifs is 7. The zero-order chi connectivity index (χ0) is 43.2. The van der Waals surface area contributed by atoms with Crippen molar-refractivity contribution in [2.75, 3.05) is 0 Å². The maximum Gasteiger partial charge on any atom is 0.160 e. The second-order valence-corrected chi connectivity index (χ2v) is 18.2. The molecular formula is C60H44N4. The first kappa shape index (κ1) is 37.9. The first-order chi connectivity index (χ1) is 31.2. The molecule has 2 aromatic heterocycles. The lowest BCUT2D eigenvalue weighted by molar-refractivity contribution is 0.660. The van der Waals surface area contributed by atoms with E-state index >= 15 is 0 Å². The number of nitrogens with zero attached hydrogens (tertiary/aromatic N) is 4. The highest BCUT2D eigenvalue weighted by molar-refractivity contribution is 6.04. The molecule has 4 heteroatoms. The smallest absolute Gasteiger partial charge is 0.160 e. The maximum atomic E-state index is 5.40. The molecule has 12 rings (SSSR count). The summed E-state index contributed by atoms with van der Waals surface area (Å²) in [5.74, 6) is 1.40. The Labute approximate surface area is 374 Å². The van der Waals surface area contributed by atoms with E-state index in [4.69, 9.17) is 19.9 Å². The van der Waals surface area contributed by atoms with Gasteiger partial charge in [-0.1, -0.05) is 198 Å². The quantitative estimate of drug-likeness (QED) is 0.168. The van der Waals surface area contributed by atoms with Gasteiger partial charge in [-0.2, -0.15) is 0 Å². The summed E-state index contributed by atoms with van der Waals surface area (Å²) in [6.45, 7) is 9.27. The predicted octanol–water partition coefficient (Wildman–Crippen LogP) is 15.0. The van der Waals surface area contributed by atoms with E-state index in [1.165, 1.54) is 44.5 Å². The molecule has 0 spiro atoms. The third-order valence-electron chi connectivity index (χ3n) is 13.7. The van der Waals surface area contributed by atoms with Gasteiger partial charge in [0, 0.05) is 44.2 Å². The first-order valence-electron chi connectivity index (χ1n) is 22.1. The summed E-state index contributed by atoms with van der Waals surface area (Å²) in [5.41, 5.74) is 19.8. The summed E-state index contributed by atoms with van der Waals surface area (Å²) in [6, 6.07) is 69.2. The molecule has 0 bridgehead atoms. The summed E-state index contributed by atoms with van der Waals surface area (Å²) in [7, 11) is 0. The van der Waals surface area contributed by atoms with Gasteiger partial charge in [0.2, 0.25) is 0 Å². The van der Waals surface area contributed by atoms with E-state index in [0.29, 0.717) is 11.6 Å². The number of rotatable bonds is 6. The SMILES string of the molecule is CC1(C)c2ccccc2-c2ccc(-c3nc(-c4ccccc4)cc(-c4cccc5c(-c6cc(-c7ccccc7)nc(-c7ccc8c(c7)C(C)(C)c7ccccc7-8)n6)cccc45)n3)cc21. The van der Waals surface area contributed by atoms with Crippen molar-refractivity contribution >= 4 is 10.8 Å². The highest BCUT2D eigenvalue weighted by atomic mass is 14.9. The minimum atomic E-state index is -0.141. The summed E-state index contributed by atoms with van der Waals surface area (Å²) in [5, 5.41) is 2.18. The van der Waals surface area contributed by atoms with E-state index in [2.05, 4.69) is 210 Å². The second kappa shape index (κ2) is 14.4. The minimum absolute atomic E-state index is 0.141. The Balaban J connectivity index is 1.01. The van der Waals surface area contributed by atoms with Gasteiger partial charge < -0.3 is 0 Å². The molecule has 4 nitrogen and oxygen atoms in total. The zero-order valence-corrected chi connectivity index (χ0v) is 36.3. The molecule has 2 aliphatic carbocycles. The Morgan fingerprint density at radius 3 is 1.06 bits per heavy atom.